The highest BCUT2D eigenvalue weighted by atomic mass is 17.2. The van der Waals surface area contributed by atoms with Gasteiger partial charge >= 0.3 is 11.9 Å². The number of hydrogen-bond acceptors (Lipinski definition) is 8. The zero-order valence-corrected chi connectivity index (χ0v) is 22.8. The molecule has 0 saturated carbocycles. The van der Waals surface area contributed by atoms with E-state index in [-0.39, 0.29) is 30.4 Å². The van der Waals surface area contributed by atoms with E-state index in [2.05, 4.69) is 13.8 Å². The van der Waals surface area contributed by atoms with Crippen LogP contribution >= 0.6 is 0 Å². The molecule has 0 fully saturated rings. The van der Waals surface area contributed by atoms with Crippen LogP contribution in [0.25, 0.3) is 0 Å². The Labute approximate surface area is 225 Å². The maximum Gasteiger partial charge on any atom is 0.384 e. The molecule has 0 bridgehead atoms. The van der Waals surface area contributed by atoms with Crippen LogP contribution in [0.5, 0.6) is 11.5 Å². The van der Waals surface area contributed by atoms with Crippen LogP contribution in [0.4, 0.5) is 0 Å². The first kappa shape index (κ1) is 31.1. The van der Waals surface area contributed by atoms with E-state index in [0.717, 1.165) is 56.1 Å². The molecule has 0 unspecified atom stereocenters. The topological polar surface area (TPSA) is 112 Å². The molecule has 0 aliphatic heterocycles. The van der Waals surface area contributed by atoms with Crippen molar-refractivity contribution in [3.8, 4) is 11.5 Å². The summed E-state index contributed by atoms with van der Waals surface area (Å²) in [5, 5.41) is 19.1. The summed E-state index contributed by atoms with van der Waals surface area (Å²) in [6, 6.07) is 12.9. The number of aromatic hydroxyl groups is 2. The van der Waals surface area contributed by atoms with E-state index in [1.165, 1.54) is 12.1 Å². The molecule has 2 N–H and O–H groups in total. The molecule has 2 rings (SSSR count). The van der Waals surface area contributed by atoms with Gasteiger partial charge in [0.2, 0.25) is 0 Å². The molecular formula is C30H42O8. The first-order chi connectivity index (χ1) is 18.4. The van der Waals surface area contributed by atoms with Gasteiger partial charge in [-0.3, -0.25) is 0 Å². The molecule has 0 aliphatic carbocycles. The fourth-order valence-corrected chi connectivity index (χ4v) is 3.92. The first-order valence-corrected chi connectivity index (χ1v) is 13.6. The number of rotatable bonds is 17. The second kappa shape index (κ2) is 17.4. The van der Waals surface area contributed by atoms with E-state index >= 15 is 0 Å². The van der Waals surface area contributed by atoms with Gasteiger partial charge in [-0.25, -0.2) is 19.4 Å². The minimum Gasteiger partial charge on any atom is -0.508 e. The molecule has 210 valence electrons. The van der Waals surface area contributed by atoms with Gasteiger partial charge in [0, 0.05) is 19.4 Å². The largest absolute Gasteiger partial charge is 0.508 e. The molecule has 0 aromatic heterocycles. The molecule has 0 spiro atoms. The summed E-state index contributed by atoms with van der Waals surface area (Å²) in [6.45, 7) is 6.52. The van der Waals surface area contributed by atoms with Gasteiger partial charge in [-0.05, 0) is 54.7 Å². The second-order valence-corrected chi connectivity index (χ2v) is 9.44. The van der Waals surface area contributed by atoms with Crippen LogP contribution in [-0.4, -0.2) is 47.1 Å². The molecule has 38 heavy (non-hydrogen) atoms. The van der Waals surface area contributed by atoms with Crippen LogP contribution in [0.3, 0.4) is 0 Å². The number of phenols is 2. The smallest absolute Gasteiger partial charge is 0.384 e. The third kappa shape index (κ3) is 11.5. The van der Waals surface area contributed by atoms with Gasteiger partial charge in [-0.1, -0.05) is 70.7 Å². The fraction of sp³-hybridized carbons (Fsp3) is 0.533. The summed E-state index contributed by atoms with van der Waals surface area (Å²) in [5.41, 5.74) is 1.54. The number of ether oxygens (including phenoxy) is 2. The Bertz CT molecular complexity index is 942. The number of benzene rings is 2. The molecule has 2 aromatic carbocycles. The normalized spacial score (nSPS) is 13.4. The van der Waals surface area contributed by atoms with Crippen molar-refractivity contribution < 1.29 is 39.1 Å². The Hall–Kier alpha value is -3.10. The van der Waals surface area contributed by atoms with Crippen molar-refractivity contribution in [2.45, 2.75) is 96.9 Å². The minimum absolute atomic E-state index is 0.119. The van der Waals surface area contributed by atoms with E-state index < -0.39 is 24.1 Å². The molecule has 8 heteroatoms. The highest BCUT2D eigenvalue weighted by Crippen LogP contribution is 2.19. The zero-order valence-electron chi connectivity index (χ0n) is 22.8. The summed E-state index contributed by atoms with van der Waals surface area (Å²) >= 11 is 0. The maximum atomic E-state index is 13.1. The fourth-order valence-electron chi connectivity index (χ4n) is 3.92. The van der Waals surface area contributed by atoms with Crippen molar-refractivity contribution in [3.63, 3.8) is 0 Å². The average Bonchev–Trinajstić information content (AvgIpc) is 2.91. The molecular weight excluding hydrogens is 488 g/mol. The van der Waals surface area contributed by atoms with Crippen molar-refractivity contribution in [1.29, 1.82) is 0 Å². The standard InChI is InChI=1S/C30H42O8/c1-4-7-10-26(9-6-3)36-28(21-23-13-17-25(32)18-14-23)30(34)38-37-29(33)27(35-19-8-5-2)20-22-11-15-24(31)16-12-22/h11-18,26-28,31-32H,4-10,19-21H2,1-3H3/t26-,27+,28-/m1/s1. The Kier molecular flexibility index (Phi) is 14.3. The number of carbonyl (C=O) groups is 2. The summed E-state index contributed by atoms with van der Waals surface area (Å²) in [5.74, 6) is -1.38. The Morgan fingerprint density at radius 1 is 0.684 bits per heavy atom. The molecule has 0 heterocycles. The van der Waals surface area contributed by atoms with Gasteiger partial charge in [-0.15, -0.1) is 0 Å². The monoisotopic (exact) mass is 530 g/mol. The second-order valence-electron chi connectivity index (χ2n) is 9.44. The number of unbranched alkanes of at least 4 members (excludes halogenated alkanes) is 2. The summed E-state index contributed by atoms with van der Waals surface area (Å²) in [6.07, 6.45) is 4.43. The van der Waals surface area contributed by atoms with Gasteiger partial charge < -0.3 is 19.7 Å². The lowest BCUT2D eigenvalue weighted by molar-refractivity contribution is -0.273. The Balaban J connectivity index is 2.09. The minimum atomic E-state index is -0.989. The highest BCUT2D eigenvalue weighted by molar-refractivity contribution is 5.78. The predicted octanol–water partition coefficient (Wildman–Crippen LogP) is 5.81. The molecule has 0 aliphatic rings. The van der Waals surface area contributed by atoms with Crippen LogP contribution in [0.2, 0.25) is 0 Å². The van der Waals surface area contributed by atoms with Crippen molar-refractivity contribution in [2.24, 2.45) is 0 Å². The van der Waals surface area contributed by atoms with Crippen LogP contribution in [-0.2, 0) is 41.7 Å². The van der Waals surface area contributed by atoms with Crippen LogP contribution < -0.4 is 0 Å². The van der Waals surface area contributed by atoms with E-state index in [4.69, 9.17) is 19.2 Å². The quantitative estimate of drug-likeness (QED) is 0.150. The van der Waals surface area contributed by atoms with Crippen molar-refractivity contribution in [1.82, 2.24) is 0 Å². The van der Waals surface area contributed by atoms with Crippen LogP contribution in [0.1, 0.15) is 76.8 Å². The lowest BCUT2D eigenvalue weighted by Crippen LogP contribution is -2.36. The number of carbonyl (C=O) groups excluding carboxylic acids is 2. The van der Waals surface area contributed by atoms with Crippen molar-refractivity contribution >= 4 is 11.9 Å². The van der Waals surface area contributed by atoms with Gasteiger partial charge in [0.1, 0.15) is 11.5 Å². The van der Waals surface area contributed by atoms with Gasteiger partial charge in [0.15, 0.2) is 12.2 Å². The average molecular weight is 531 g/mol. The molecule has 3 atom stereocenters. The van der Waals surface area contributed by atoms with Crippen LogP contribution in [0, 0.1) is 0 Å². The lowest BCUT2D eigenvalue weighted by atomic mass is 10.1. The Morgan fingerprint density at radius 3 is 1.68 bits per heavy atom. The zero-order chi connectivity index (χ0) is 27.8. The van der Waals surface area contributed by atoms with Gasteiger partial charge in [0.05, 0.1) is 6.10 Å². The molecule has 8 nitrogen and oxygen atoms in total. The van der Waals surface area contributed by atoms with Crippen molar-refractivity contribution in [3.05, 3.63) is 59.7 Å². The third-order valence-corrected chi connectivity index (χ3v) is 6.11. The lowest BCUT2D eigenvalue weighted by Gasteiger charge is -2.23. The summed E-state index contributed by atoms with van der Waals surface area (Å²) < 4.78 is 11.9. The summed E-state index contributed by atoms with van der Waals surface area (Å²) in [7, 11) is 0. The molecule has 0 amide bonds. The molecule has 0 radical (unpaired) electrons. The van der Waals surface area contributed by atoms with Gasteiger partial charge in [-0.2, -0.15) is 0 Å². The SMILES string of the molecule is CCCCO[C@@H](Cc1ccc(O)cc1)C(=O)OOC(=O)[C@@H](Cc1ccc(O)cc1)O[C@H](CCC)CCCC. The Morgan fingerprint density at radius 2 is 1.18 bits per heavy atom. The van der Waals surface area contributed by atoms with E-state index in [1.54, 1.807) is 36.4 Å². The third-order valence-electron chi connectivity index (χ3n) is 6.11. The predicted molar refractivity (Wildman–Crippen MR) is 144 cm³/mol. The van der Waals surface area contributed by atoms with Gasteiger partial charge in [0.25, 0.3) is 0 Å². The molecule has 2 aromatic rings. The van der Waals surface area contributed by atoms with Crippen molar-refractivity contribution in [2.75, 3.05) is 6.61 Å². The van der Waals surface area contributed by atoms with E-state index in [0.29, 0.717) is 6.61 Å². The van der Waals surface area contributed by atoms with E-state index in [9.17, 15) is 19.8 Å². The summed E-state index contributed by atoms with van der Waals surface area (Å²) in [4.78, 5) is 35.9. The molecule has 0 saturated heterocycles. The first-order valence-electron chi connectivity index (χ1n) is 13.6. The van der Waals surface area contributed by atoms with Crippen LogP contribution in [0.15, 0.2) is 48.5 Å². The maximum absolute atomic E-state index is 13.1. The highest BCUT2D eigenvalue weighted by Gasteiger charge is 2.29. The number of hydrogen-bond donors (Lipinski definition) is 2. The number of phenolic OH excluding ortho intramolecular Hbond substituents is 2. The van der Waals surface area contributed by atoms with E-state index in [1.807, 2.05) is 6.92 Å².